The Kier molecular flexibility index (Phi) is 1.90. The molecule has 1 aromatic rings. The van der Waals surface area contributed by atoms with Gasteiger partial charge in [-0.2, -0.15) is 0 Å². The third-order valence-electron chi connectivity index (χ3n) is 2.11. The Morgan fingerprint density at radius 3 is 3.17 bits per heavy atom. The average Bonchev–Trinajstić information content (AvgIpc) is 2.62. The second kappa shape index (κ2) is 2.92. The summed E-state index contributed by atoms with van der Waals surface area (Å²) in [6, 6.07) is 3.86. The van der Waals surface area contributed by atoms with Gasteiger partial charge in [-0.15, -0.1) is 0 Å². The van der Waals surface area contributed by atoms with Gasteiger partial charge in [0.2, 0.25) is 0 Å². The Hall–Kier alpha value is -0.800. The van der Waals surface area contributed by atoms with E-state index in [1.165, 1.54) is 0 Å². The molecule has 1 saturated heterocycles. The first-order valence-electron chi connectivity index (χ1n) is 4.20. The predicted octanol–water partition coefficient (Wildman–Crippen LogP) is 1.16. The highest BCUT2D eigenvalue weighted by Gasteiger charge is 2.30. The Labute approximate surface area is 71.7 Å². The smallest absolute Gasteiger partial charge is 0.123 e. The number of hydrogen-bond donors (Lipinski definition) is 1. The largest absolute Gasteiger partial charge is 0.469 e. The van der Waals surface area contributed by atoms with Crippen molar-refractivity contribution in [3.8, 4) is 0 Å². The van der Waals surface area contributed by atoms with Gasteiger partial charge in [0.1, 0.15) is 11.5 Å². The molecule has 0 aliphatic carbocycles. The molecule has 3 nitrogen and oxygen atoms in total. The minimum absolute atomic E-state index is 0.224. The monoisotopic (exact) mass is 167 g/mol. The molecule has 1 aliphatic rings. The number of rotatable bonds is 2. The molecule has 1 aliphatic heterocycles. The van der Waals surface area contributed by atoms with E-state index in [4.69, 9.17) is 9.15 Å². The van der Waals surface area contributed by atoms with E-state index in [0.717, 1.165) is 25.3 Å². The summed E-state index contributed by atoms with van der Waals surface area (Å²) in [5.41, 5.74) is -0.224. The van der Waals surface area contributed by atoms with Crippen molar-refractivity contribution >= 4 is 0 Å². The van der Waals surface area contributed by atoms with E-state index >= 15 is 0 Å². The van der Waals surface area contributed by atoms with Crippen LogP contribution in [0.1, 0.15) is 12.7 Å². The maximum absolute atomic E-state index is 5.54. The van der Waals surface area contributed by atoms with Crippen LogP contribution in [0.4, 0.5) is 0 Å². The van der Waals surface area contributed by atoms with E-state index in [1.807, 2.05) is 19.1 Å². The summed E-state index contributed by atoms with van der Waals surface area (Å²) in [5.74, 6) is 0.965. The number of hydrogen-bond acceptors (Lipinski definition) is 3. The van der Waals surface area contributed by atoms with Crippen LogP contribution in [0.3, 0.4) is 0 Å². The van der Waals surface area contributed by atoms with E-state index < -0.39 is 0 Å². The molecular formula is C9H13NO2. The summed E-state index contributed by atoms with van der Waals surface area (Å²) in [4.78, 5) is 0. The highest BCUT2D eigenvalue weighted by atomic mass is 16.5. The summed E-state index contributed by atoms with van der Waals surface area (Å²) < 4.78 is 10.8. The van der Waals surface area contributed by atoms with Crippen molar-refractivity contribution in [2.45, 2.75) is 19.1 Å². The summed E-state index contributed by atoms with van der Waals surface area (Å²) in [6.45, 7) is 3.76. The Morgan fingerprint density at radius 2 is 2.58 bits per heavy atom. The normalized spacial score (nSPS) is 29.4. The van der Waals surface area contributed by atoms with Crippen LogP contribution in [0, 0.1) is 0 Å². The van der Waals surface area contributed by atoms with Crippen LogP contribution >= 0.6 is 0 Å². The highest BCUT2D eigenvalue weighted by molar-refractivity contribution is 5.02. The molecule has 2 heterocycles. The third-order valence-corrected chi connectivity index (χ3v) is 2.11. The number of nitrogens with one attached hydrogen (secondary N) is 1. The lowest BCUT2D eigenvalue weighted by atomic mass is 10.1. The Balaban J connectivity index is 2.02. The van der Waals surface area contributed by atoms with Gasteiger partial charge >= 0.3 is 0 Å². The topological polar surface area (TPSA) is 34.4 Å². The lowest BCUT2D eigenvalue weighted by Gasteiger charge is -2.21. The van der Waals surface area contributed by atoms with Gasteiger partial charge in [0.15, 0.2) is 0 Å². The van der Waals surface area contributed by atoms with Gasteiger partial charge in [-0.3, -0.25) is 5.32 Å². The molecule has 2 rings (SSSR count). The highest BCUT2D eigenvalue weighted by Crippen LogP contribution is 2.17. The molecule has 0 spiro atoms. The fourth-order valence-corrected chi connectivity index (χ4v) is 1.50. The average molecular weight is 167 g/mol. The van der Waals surface area contributed by atoms with Crippen molar-refractivity contribution < 1.29 is 9.15 Å². The molecule has 0 amide bonds. The van der Waals surface area contributed by atoms with Gasteiger partial charge in [-0.05, 0) is 19.1 Å². The van der Waals surface area contributed by atoms with Crippen molar-refractivity contribution in [1.29, 1.82) is 0 Å². The summed E-state index contributed by atoms with van der Waals surface area (Å²) in [5, 5.41) is 3.29. The Morgan fingerprint density at radius 1 is 1.67 bits per heavy atom. The molecule has 0 aromatic carbocycles. The van der Waals surface area contributed by atoms with Crippen LogP contribution in [0.2, 0.25) is 0 Å². The second-order valence-electron chi connectivity index (χ2n) is 3.26. The molecule has 1 atom stereocenters. The van der Waals surface area contributed by atoms with Crippen LogP contribution < -0.4 is 5.32 Å². The summed E-state index contributed by atoms with van der Waals surface area (Å²) in [7, 11) is 0. The molecule has 0 bridgehead atoms. The summed E-state index contributed by atoms with van der Waals surface area (Å²) in [6.07, 6.45) is 2.48. The van der Waals surface area contributed by atoms with Gasteiger partial charge in [-0.1, -0.05) is 0 Å². The minimum Gasteiger partial charge on any atom is -0.469 e. The standard InChI is InChI=1S/C9H13NO2/c1-9(10-4-6-12-9)7-8-3-2-5-11-8/h2-3,5,10H,4,6-7H2,1H3. The van der Waals surface area contributed by atoms with Crippen molar-refractivity contribution in [3.63, 3.8) is 0 Å². The molecule has 1 N–H and O–H groups in total. The molecule has 1 unspecified atom stereocenters. The predicted molar refractivity (Wildman–Crippen MR) is 44.8 cm³/mol. The first-order valence-corrected chi connectivity index (χ1v) is 4.20. The molecule has 66 valence electrons. The lowest BCUT2D eigenvalue weighted by Crippen LogP contribution is -2.39. The molecule has 0 radical (unpaired) electrons. The zero-order valence-corrected chi connectivity index (χ0v) is 7.17. The first kappa shape index (κ1) is 7.83. The SMILES string of the molecule is CC1(Cc2ccco2)NCCO1. The fourth-order valence-electron chi connectivity index (χ4n) is 1.50. The van der Waals surface area contributed by atoms with Crippen LogP contribution in [0.5, 0.6) is 0 Å². The van der Waals surface area contributed by atoms with Crippen LogP contribution in [0.25, 0.3) is 0 Å². The maximum Gasteiger partial charge on any atom is 0.123 e. The first-order chi connectivity index (χ1) is 5.79. The lowest BCUT2D eigenvalue weighted by molar-refractivity contribution is 0.00321. The zero-order chi connectivity index (χ0) is 8.44. The van der Waals surface area contributed by atoms with E-state index in [9.17, 15) is 0 Å². The molecule has 1 aromatic heterocycles. The van der Waals surface area contributed by atoms with Gasteiger partial charge in [-0.25, -0.2) is 0 Å². The molecule has 12 heavy (non-hydrogen) atoms. The van der Waals surface area contributed by atoms with Crippen molar-refractivity contribution in [1.82, 2.24) is 5.32 Å². The van der Waals surface area contributed by atoms with Gasteiger partial charge in [0.25, 0.3) is 0 Å². The molecular weight excluding hydrogens is 154 g/mol. The summed E-state index contributed by atoms with van der Waals surface area (Å²) >= 11 is 0. The molecule has 0 saturated carbocycles. The van der Waals surface area contributed by atoms with Gasteiger partial charge < -0.3 is 9.15 Å². The maximum atomic E-state index is 5.54. The molecule has 1 fully saturated rings. The molecule has 3 heteroatoms. The number of furan rings is 1. The third kappa shape index (κ3) is 1.52. The second-order valence-corrected chi connectivity index (χ2v) is 3.26. The van der Waals surface area contributed by atoms with Crippen molar-refractivity contribution in [2.24, 2.45) is 0 Å². The van der Waals surface area contributed by atoms with Crippen LogP contribution in [0.15, 0.2) is 22.8 Å². The van der Waals surface area contributed by atoms with E-state index in [2.05, 4.69) is 5.32 Å². The van der Waals surface area contributed by atoms with E-state index in [-0.39, 0.29) is 5.72 Å². The van der Waals surface area contributed by atoms with Crippen molar-refractivity contribution in [3.05, 3.63) is 24.2 Å². The number of ether oxygens (including phenoxy) is 1. The quantitative estimate of drug-likeness (QED) is 0.717. The van der Waals surface area contributed by atoms with Crippen LogP contribution in [-0.4, -0.2) is 18.9 Å². The van der Waals surface area contributed by atoms with Gasteiger partial charge in [0.05, 0.1) is 12.9 Å². The van der Waals surface area contributed by atoms with E-state index in [1.54, 1.807) is 6.26 Å². The Bertz CT molecular complexity index is 237. The van der Waals surface area contributed by atoms with Crippen molar-refractivity contribution in [2.75, 3.05) is 13.2 Å². The van der Waals surface area contributed by atoms with Gasteiger partial charge in [0, 0.05) is 13.0 Å². The van der Waals surface area contributed by atoms with Crippen LogP contribution in [-0.2, 0) is 11.2 Å². The zero-order valence-electron chi connectivity index (χ0n) is 7.17. The fraction of sp³-hybridized carbons (Fsp3) is 0.556. The minimum atomic E-state index is -0.224. The van der Waals surface area contributed by atoms with E-state index in [0.29, 0.717) is 0 Å².